The number of hydrogen-bond donors (Lipinski definition) is 0. The van der Waals surface area contributed by atoms with Gasteiger partial charge in [-0.05, 0) is 24.3 Å². The highest BCUT2D eigenvalue weighted by Gasteiger charge is 2.36. The number of nitrogens with zero attached hydrogens (tertiary/aromatic N) is 3. The molecule has 0 aromatic carbocycles. The number of aromatic nitrogens is 3. The molecule has 0 fully saturated rings. The number of fused-ring (bicyclic) bond motifs is 7. The minimum absolute atomic E-state index is 0.833. The maximum Gasteiger partial charge on any atom is 0.401 e. The van der Waals surface area contributed by atoms with Crippen LogP contribution < -0.4 is 4.57 Å². The lowest BCUT2D eigenvalue weighted by Crippen LogP contribution is -2.30. The van der Waals surface area contributed by atoms with Gasteiger partial charge in [0.05, 0.1) is 11.8 Å². The first-order chi connectivity index (χ1) is 9.42. The molecule has 1 aliphatic rings. The normalized spacial score (nSPS) is 13.1. The zero-order valence-electron chi connectivity index (χ0n) is 10.1. The van der Waals surface area contributed by atoms with E-state index in [2.05, 4.69) is 32.2 Å². The largest absolute Gasteiger partial charge is 0.401 e. The molecule has 4 heteroatoms. The van der Waals surface area contributed by atoms with E-state index in [1.54, 1.807) is 0 Å². The van der Waals surface area contributed by atoms with Gasteiger partial charge in [0.1, 0.15) is 5.52 Å². The van der Waals surface area contributed by atoms with Crippen molar-refractivity contribution in [2.75, 3.05) is 0 Å². The molecule has 19 heavy (non-hydrogen) atoms. The van der Waals surface area contributed by atoms with E-state index in [0.29, 0.717) is 0 Å². The molecule has 1 aliphatic heterocycles. The molecule has 0 amide bonds. The molecule has 0 radical (unpaired) electrons. The number of hydrogen-bond acceptors (Lipinski definition) is 2. The van der Waals surface area contributed by atoms with Gasteiger partial charge in [-0.1, -0.05) is 6.07 Å². The first-order valence-corrected chi connectivity index (χ1v) is 6.28. The molecule has 0 saturated heterocycles. The van der Waals surface area contributed by atoms with Crippen molar-refractivity contribution in [1.82, 2.24) is 9.38 Å². The zero-order valence-corrected chi connectivity index (χ0v) is 10.1. The Bertz CT molecular complexity index is 949. The first kappa shape index (κ1) is 9.33. The van der Waals surface area contributed by atoms with E-state index in [1.165, 1.54) is 11.1 Å². The molecule has 5 rings (SSSR count). The summed E-state index contributed by atoms with van der Waals surface area (Å²) in [4.78, 5) is 4.43. The van der Waals surface area contributed by atoms with Gasteiger partial charge in [0, 0.05) is 12.4 Å². The van der Waals surface area contributed by atoms with Crippen LogP contribution in [-0.4, -0.2) is 9.38 Å². The molecule has 0 saturated carbocycles. The molecule has 4 nitrogen and oxygen atoms in total. The van der Waals surface area contributed by atoms with Crippen LogP contribution >= 0.6 is 0 Å². The van der Waals surface area contributed by atoms with Crippen LogP contribution in [0, 0.1) is 0 Å². The van der Waals surface area contributed by atoms with Crippen molar-refractivity contribution in [1.29, 1.82) is 0 Å². The highest BCUT2D eigenvalue weighted by molar-refractivity contribution is 5.88. The quantitative estimate of drug-likeness (QED) is 0.394. The van der Waals surface area contributed by atoms with Gasteiger partial charge in [-0.2, -0.15) is 0 Å². The van der Waals surface area contributed by atoms with Gasteiger partial charge >= 0.3 is 5.89 Å². The number of rotatable bonds is 0. The second kappa shape index (κ2) is 3.03. The topological polar surface area (TPSA) is 34.3 Å². The summed E-state index contributed by atoms with van der Waals surface area (Å²) in [5, 5.41) is 0. The van der Waals surface area contributed by atoms with Crippen molar-refractivity contribution < 1.29 is 8.98 Å². The average Bonchev–Trinajstić information content (AvgIpc) is 3.05. The maximum absolute atomic E-state index is 6.00. The molecular formula is C15H10N3O+. The van der Waals surface area contributed by atoms with Gasteiger partial charge in [0.25, 0.3) is 5.52 Å². The molecule has 0 spiro atoms. The van der Waals surface area contributed by atoms with Crippen molar-refractivity contribution in [3.8, 4) is 11.6 Å². The average molecular weight is 248 g/mol. The molecular weight excluding hydrogens is 238 g/mol. The van der Waals surface area contributed by atoms with E-state index in [4.69, 9.17) is 4.42 Å². The van der Waals surface area contributed by atoms with Crippen LogP contribution in [-0.2, 0) is 6.54 Å². The van der Waals surface area contributed by atoms with Crippen molar-refractivity contribution in [2.24, 2.45) is 0 Å². The lowest BCUT2D eigenvalue weighted by Gasteiger charge is -1.90. The molecule has 0 N–H and O–H groups in total. The number of pyridine rings is 2. The van der Waals surface area contributed by atoms with E-state index in [9.17, 15) is 0 Å². The Balaban J connectivity index is 1.94. The van der Waals surface area contributed by atoms with Crippen LogP contribution in [0.5, 0.6) is 0 Å². The fraction of sp³-hybridized carbons (Fsp3) is 0.0667. The van der Waals surface area contributed by atoms with Crippen LogP contribution in [0.4, 0.5) is 0 Å². The van der Waals surface area contributed by atoms with E-state index in [1.807, 2.05) is 30.7 Å². The summed E-state index contributed by atoms with van der Waals surface area (Å²) in [6.07, 6.45) is 5.88. The summed E-state index contributed by atoms with van der Waals surface area (Å²) in [6.45, 7) is 0.833. The van der Waals surface area contributed by atoms with Crippen LogP contribution in [0.25, 0.3) is 28.2 Å². The van der Waals surface area contributed by atoms with Gasteiger partial charge < -0.3 is 8.82 Å². The summed E-state index contributed by atoms with van der Waals surface area (Å²) in [5.41, 5.74) is 5.41. The fourth-order valence-electron chi connectivity index (χ4n) is 2.95. The monoisotopic (exact) mass is 248 g/mol. The molecule has 5 heterocycles. The van der Waals surface area contributed by atoms with Gasteiger partial charge in [0.15, 0.2) is 12.2 Å². The Morgan fingerprint density at radius 1 is 1.21 bits per heavy atom. The van der Waals surface area contributed by atoms with Crippen molar-refractivity contribution in [3.05, 3.63) is 54.5 Å². The smallest absolute Gasteiger partial charge is 0.395 e. The molecule has 0 atom stereocenters. The fourth-order valence-corrected chi connectivity index (χ4v) is 2.95. The lowest BCUT2D eigenvalue weighted by molar-refractivity contribution is -0.648. The van der Waals surface area contributed by atoms with Crippen LogP contribution in [0.1, 0.15) is 5.56 Å². The predicted octanol–water partition coefficient (Wildman–Crippen LogP) is 2.40. The Hall–Kier alpha value is -2.62. The molecule has 0 bridgehead atoms. The van der Waals surface area contributed by atoms with Gasteiger partial charge in [-0.3, -0.25) is 0 Å². The summed E-state index contributed by atoms with van der Waals surface area (Å²) in [7, 11) is 0. The molecule has 4 aromatic heterocycles. The van der Waals surface area contributed by atoms with E-state index in [-0.39, 0.29) is 0 Å². The second-order valence-electron chi connectivity index (χ2n) is 4.84. The third-order valence-corrected chi connectivity index (χ3v) is 3.77. The predicted molar refractivity (Wildman–Crippen MR) is 69.7 cm³/mol. The Labute approximate surface area is 108 Å². The Kier molecular flexibility index (Phi) is 1.49. The van der Waals surface area contributed by atoms with Gasteiger partial charge in [-0.15, -0.1) is 4.57 Å². The molecule has 4 aromatic rings. The Morgan fingerprint density at radius 3 is 3.21 bits per heavy atom. The van der Waals surface area contributed by atoms with Crippen LogP contribution in [0.3, 0.4) is 0 Å². The molecule has 90 valence electrons. The van der Waals surface area contributed by atoms with Gasteiger partial charge in [0.2, 0.25) is 5.58 Å². The highest BCUT2D eigenvalue weighted by Crippen LogP contribution is 2.31. The molecule has 0 aliphatic carbocycles. The third-order valence-electron chi connectivity index (χ3n) is 3.77. The lowest BCUT2D eigenvalue weighted by atomic mass is 10.2. The zero-order chi connectivity index (χ0) is 12.4. The SMILES string of the molecule is c1cnc2c(c1)C[n+]1c-2oc2cn3ccccc3c21. The summed E-state index contributed by atoms with van der Waals surface area (Å²) >= 11 is 0. The van der Waals surface area contributed by atoms with E-state index in [0.717, 1.165) is 29.2 Å². The van der Waals surface area contributed by atoms with E-state index < -0.39 is 0 Å². The second-order valence-corrected chi connectivity index (χ2v) is 4.84. The molecule has 0 unspecified atom stereocenters. The van der Waals surface area contributed by atoms with Crippen LogP contribution in [0.2, 0.25) is 0 Å². The summed E-state index contributed by atoms with van der Waals surface area (Å²) < 4.78 is 10.3. The minimum atomic E-state index is 0.833. The Morgan fingerprint density at radius 2 is 2.21 bits per heavy atom. The highest BCUT2D eigenvalue weighted by atomic mass is 16.4. The summed E-state index contributed by atoms with van der Waals surface area (Å²) in [5.74, 6) is 0.868. The summed E-state index contributed by atoms with van der Waals surface area (Å²) in [6, 6.07) is 10.3. The van der Waals surface area contributed by atoms with Crippen molar-refractivity contribution >= 4 is 16.6 Å². The van der Waals surface area contributed by atoms with Crippen LogP contribution in [0.15, 0.2) is 53.3 Å². The third kappa shape index (κ3) is 1.04. The first-order valence-electron chi connectivity index (χ1n) is 6.28. The van der Waals surface area contributed by atoms with Crippen molar-refractivity contribution in [2.45, 2.75) is 6.54 Å². The standard InChI is InChI=1S/C15H10N3O/c1-2-7-17-9-12-14(11(17)5-1)18-8-10-4-3-6-16-13(10)15(18)19-12/h1-7,9H,8H2/q+1. The van der Waals surface area contributed by atoms with Crippen molar-refractivity contribution in [3.63, 3.8) is 0 Å². The minimum Gasteiger partial charge on any atom is -0.395 e. The maximum atomic E-state index is 6.00. The van der Waals surface area contributed by atoms with Gasteiger partial charge in [-0.25, -0.2) is 4.98 Å². The van der Waals surface area contributed by atoms with E-state index >= 15 is 0 Å². The number of oxazole rings is 1.